The Balaban J connectivity index is 2.90. The van der Waals surface area contributed by atoms with E-state index in [1.165, 1.54) is 12.1 Å². The first-order chi connectivity index (χ1) is 12.4. The molecule has 0 bridgehead atoms. The van der Waals surface area contributed by atoms with Crippen LogP contribution < -0.4 is 10.5 Å². The molecular weight excluding hydrogens is 355 g/mol. The molecule has 1 unspecified atom stereocenters. The number of benzene rings is 1. The Morgan fingerprint density at radius 1 is 1.26 bits per heavy atom. The lowest BCUT2D eigenvalue weighted by Gasteiger charge is -2.17. The van der Waals surface area contributed by atoms with Crippen molar-refractivity contribution in [3.05, 3.63) is 58.2 Å². The summed E-state index contributed by atoms with van der Waals surface area (Å²) in [5.41, 5.74) is 8.71. The van der Waals surface area contributed by atoms with Gasteiger partial charge >= 0.3 is 6.36 Å². The first-order valence-corrected chi connectivity index (χ1v) is 8.59. The van der Waals surface area contributed by atoms with Crippen LogP contribution in [0.3, 0.4) is 0 Å². The molecule has 6 heteroatoms. The smallest absolute Gasteiger partial charge is 0.405 e. The van der Waals surface area contributed by atoms with Crippen molar-refractivity contribution in [1.29, 1.82) is 0 Å². The minimum Gasteiger partial charge on any atom is -0.405 e. The van der Waals surface area contributed by atoms with E-state index in [-0.39, 0.29) is 11.7 Å². The Morgan fingerprint density at radius 2 is 1.89 bits per heavy atom. The predicted octanol–water partition coefficient (Wildman–Crippen LogP) is 5.54. The fourth-order valence-electron chi connectivity index (χ4n) is 2.63. The van der Waals surface area contributed by atoms with E-state index in [1.54, 1.807) is 27.7 Å². The quantitative estimate of drug-likeness (QED) is 0.498. The molecule has 0 saturated heterocycles. The maximum Gasteiger partial charge on any atom is 0.573 e. The van der Waals surface area contributed by atoms with Crippen LogP contribution in [0.2, 0.25) is 0 Å². The fourth-order valence-corrected chi connectivity index (χ4v) is 2.63. The molecule has 1 aromatic rings. The predicted molar refractivity (Wildman–Crippen MR) is 102 cm³/mol. The van der Waals surface area contributed by atoms with E-state index in [1.807, 2.05) is 31.2 Å². The molecule has 0 aliphatic rings. The second-order valence-corrected chi connectivity index (χ2v) is 6.67. The van der Waals surface area contributed by atoms with Gasteiger partial charge in [0.1, 0.15) is 5.75 Å². The van der Waals surface area contributed by atoms with E-state index >= 15 is 0 Å². The van der Waals surface area contributed by atoms with E-state index in [9.17, 15) is 18.0 Å². The third-order valence-corrected chi connectivity index (χ3v) is 4.18. The summed E-state index contributed by atoms with van der Waals surface area (Å²) in [5, 5.41) is 0. The number of hydrogen-bond acceptors (Lipinski definition) is 2. The van der Waals surface area contributed by atoms with Gasteiger partial charge in [0.2, 0.25) is 5.91 Å². The third-order valence-electron chi connectivity index (χ3n) is 4.18. The summed E-state index contributed by atoms with van der Waals surface area (Å²) < 4.78 is 41.6. The van der Waals surface area contributed by atoms with Crippen molar-refractivity contribution in [3.8, 4) is 5.75 Å². The summed E-state index contributed by atoms with van der Waals surface area (Å²) >= 11 is 0. The molecule has 0 aliphatic heterocycles. The second kappa shape index (κ2) is 9.44. The van der Waals surface area contributed by atoms with Gasteiger partial charge in [-0.05, 0) is 73.9 Å². The summed E-state index contributed by atoms with van der Waals surface area (Å²) in [6, 6.07) is 1.41. The van der Waals surface area contributed by atoms with E-state index in [2.05, 4.69) is 4.74 Å². The van der Waals surface area contributed by atoms with E-state index in [4.69, 9.17) is 5.73 Å². The van der Waals surface area contributed by atoms with Crippen molar-refractivity contribution in [3.63, 3.8) is 0 Å². The standard InChI is InChI=1S/C21H26F3NO2/c1-13(7-6-8-14(2)11-20(25)26)9-10-18-15(3)12-19(17(5)16(18)4)27-21(22,23)24/h6,8-13H,7H2,1-5H3,(H2,25,26)/b8-6+,10-9+,14-11+. The summed E-state index contributed by atoms with van der Waals surface area (Å²) in [6.45, 7) is 8.99. The topological polar surface area (TPSA) is 52.3 Å². The molecule has 0 aromatic heterocycles. The number of primary amides is 1. The highest BCUT2D eigenvalue weighted by molar-refractivity contribution is 5.86. The number of rotatable bonds is 7. The zero-order chi connectivity index (χ0) is 20.8. The Hall–Kier alpha value is -2.50. The van der Waals surface area contributed by atoms with Crippen LogP contribution in [-0.4, -0.2) is 12.3 Å². The van der Waals surface area contributed by atoms with Gasteiger partial charge in [0.25, 0.3) is 0 Å². The molecule has 0 radical (unpaired) electrons. The van der Waals surface area contributed by atoms with Gasteiger partial charge < -0.3 is 10.5 Å². The molecule has 1 atom stereocenters. The molecule has 0 saturated carbocycles. The highest BCUT2D eigenvalue weighted by Gasteiger charge is 2.32. The number of nitrogens with two attached hydrogens (primary N) is 1. The molecule has 0 aliphatic carbocycles. The van der Waals surface area contributed by atoms with E-state index in [0.717, 1.165) is 28.7 Å². The van der Waals surface area contributed by atoms with Crippen molar-refractivity contribution in [2.45, 2.75) is 47.4 Å². The number of aryl methyl sites for hydroxylation is 1. The van der Waals surface area contributed by atoms with Crippen molar-refractivity contribution in [1.82, 2.24) is 0 Å². The Morgan fingerprint density at radius 3 is 2.44 bits per heavy atom. The first kappa shape index (κ1) is 22.5. The number of hydrogen-bond donors (Lipinski definition) is 1. The highest BCUT2D eigenvalue weighted by atomic mass is 19.4. The number of halogens is 3. The number of ether oxygens (including phenoxy) is 1. The lowest BCUT2D eigenvalue weighted by Crippen LogP contribution is -2.18. The third kappa shape index (κ3) is 7.72. The van der Waals surface area contributed by atoms with Crippen LogP contribution in [0.1, 0.15) is 42.5 Å². The van der Waals surface area contributed by atoms with Gasteiger partial charge in [-0.2, -0.15) is 0 Å². The van der Waals surface area contributed by atoms with Crippen LogP contribution in [0.25, 0.3) is 6.08 Å². The normalized spacial score (nSPS) is 14.1. The zero-order valence-corrected chi connectivity index (χ0v) is 16.3. The van der Waals surface area contributed by atoms with Gasteiger partial charge in [-0.25, -0.2) is 0 Å². The molecule has 0 heterocycles. The second-order valence-electron chi connectivity index (χ2n) is 6.67. The van der Waals surface area contributed by atoms with E-state index in [0.29, 0.717) is 5.56 Å². The number of allylic oxidation sites excluding steroid dienone is 4. The summed E-state index contributed by atoms with van der Waals surface area (Å²) in [6.07, 6.45) is 5.14. The molecule has 1 amide bonds. The first-order valence-electron chi connectivity index (χ1n) is 8.59. The largest absolute Gasteiger partial charge is 0.573 e. The Bertz CT molecular complexity index is 775. The number of alkyl halides is 3. The van der Waals surface area contributed by atoms with Gasteiger partial charge in [-0.1, -0.05) is 31.2 Å². The van der Waals surface area contributed by atoms with Crippen molar-refractivity contribution < 1.29 is 22.7 Å². The van der Waals surface area contributed by atoms with Crippen LogP contribution in [0.15, 0.2) is 35.9 Å². The number of carbonyl (C=O) groups is 1. The number of amides is 1. The van der Waals surface area contributed by atoms with Crippen LogP contribution >= 0.6 is 0 Å². The van der Waals surface area contributed by atoms with Crippen LogP contribution in [0.5, 0.6) is 5.75 Å². The molecule has 27 heavy (non-hydrogen) atoms. The highest BCUT2D eigenvalue weighted by Crippen LogP contribution is 2.32. The molecule has 1 aromatic carbocycles. The lowest BCUT2D eigenvalue weighted by atomic mass is 9.95. The zero-order valence-electron chi connectivity index (χ0n) is 16.3. The number of carbonyl (C=O) groups excluding carboxylic acids is 1. The SMILES string of the molecule is CC(/C=C/CC(C)/C=C/c1c(C)cc(OC(F)(F)F)c(C)c1C)=C\C(N)=O. The maximum absolute atomic E-state index is 12.5. The minimum atomic E-state index is -4.71. The minimum absolute atomic E-state index is 0.164. The molecular formula is C21H26F3NO2. The van der Waals surface area contributed by atoms with Gasteiger partial charge in [-0.15, -0.1) is 13.2 Å². The Labute approximate surface area is 158 Å². The van der Waals surface area contributed by atoms with Gasteiger partial charge in [0, 0.05) is 6.08 Å². The summed E-state index contributed by atoms with van der Waals surface area (Å²) in [7, 11) is 0. The maximum atomic E-state index is 12.5. The molecule has 0 fully saturated rings. The van der Waals surface area contributed by atoms with Gasteiger partial charge in [-0.3, -0.25) is 4.79 Å². The molecule has 148 valence electrons. The van der Waals surface area contributed by atoms with Crippen LogP contribution in [0, 0.1) is 26.7 Å². The van der Waals surface area contributed by atoms with E-state index < -0.39 is 12.3 Å². The van der Waals surface area contributed by atoms with Crippen molar-refractivity contribution in [2.75, 3.05) is 0 Å². The Kier molecular flexibility index (Phi) is 7.88. The van der Waals surface area contributed by atoms with Crippen LogP contribution in [0.4, 0.5) is 13.2 Å². The van der Waals surface area contributed by atoms with Crippen LogP contribution in [-0.2, 0) is 4.79 Å². The monoisotopic (exact) mass is 381 g/mol. The van der Waals surface area contributed by atoms with Gasteiger partial charge in [0.05, 0.1) is 0 Å². The molecule has 3 nitrogen and oxygen atoms in total. The fraction of sp³-hybridized carbons (Fsp3) is 0.381. The molecule has 0 spiro atoms. The average molecular weight is 381 g/mol. The lowest BCUT2D eigenvalue weighted by molar-refractivity contribution is -0.274. The average Bonchev–Trinajstić information content (AvgIpc) is 2.50. The summed E-state index contributed by atoms with van der Waals surface area (Å²) in [4.78, 5) is 10.8. The molecule has 1 rings (SSSR count). The van der Waals surface area contributed by atoms with Crippen molar-refractivity contribution >= 4 is 12.0 Å². The van der Waals surface area contributed by atoms with Gasteiger partial charge in [0.15, 0.2) is 0 Å². The summed E-state index contributed by atoms with van der Waals surface area (Å²) in [5.74, 6) is -0.431. The molecule has 2 N–H and O–H groups in total. The van der Waals surface area contributed by atoms with Crippen molar-refractivity contribution in [2.24, 2.45) is 11.7 Å².